The minimum Gasteiger partial charge on any atom is -0.426 e. The van der Waals surface area contributed by atoms with Crippen LogP contribution in [-0.2, 0) is 4.79 Å². The van der Waals surface area contributed by atoms with E-state index in [0.717, 1.165) is 16.7 Å². The summed E-state index contributed by atoms with van der Waals surface area (Å²) < 4.78 is 0. The van der Waals surface area contributed by atoms with Crippen LogP contribution in [0.2, 0.25) is 0 Å². The van der Waals surface area contributed by atoms with Gasteiger partial charge in [-0.05, 0) is 45.2 Å². The average Bonchev–Trinajstić information content (AvgIpc) is 2.50. The van der Waals surface area contributed by atoms with E-state index >= 15 is 0 Å². The van der Waals surface area contributed by atoms with Crippen molar-refractivity contribution in [2.45, 2.75) is 47.0 Å². The smallest absolute Gasteiger partial charge is 0.426 e. The van der Waals surface area contributed by atoms with Gasteiger partial charge in [-0.1, -0.05) is 24.6 Å². The van der Waals surface area contributed by atoms with Crippen LogP contribution in [0, 0.1) is 20.8 Å². The Kier molecular flexibility index (Phi) is 7.64. The third kappa shape index (κ3) is 5.31. The number of benzene rings is 1. The molecular formula is C18H29BN2O4. The summed E-state index contributed by atoms with van der Waals surface area (Å²) in [5.41, 5.74) is 3.46. The first-order valence-corrected chi connectivity index (χ1v) is 8.59. The fraction of sp³-hybridized carbons (Fsp3) is 0.556. The van der Waals surface area contributed by atoms with Crippen molar-refractivity contribution in [3.05, 3.63) is 34.4 Å². The van der Waals surface area contributed by atoms with Gasteiger partial charge in [0.2, 0.25) is 5.91 Å². The maximum Gasteiger partial charge on any atom is 0.475 e. The molecule has 25 heavy (non-hydrogen) atoms. The lowest BCUT2D eigenvalue weighted by molar-refractivity contribution is -0.132. The maximum atomic E-state index is 12.8. The summed E-state index contributed by atoms with van der Waals surface area (Å²) in [4.78, 5) is 28.1. The van der Waals surface area contributed by atoms with Crippen molar-refractivity contribution in [1.82, 2.24) is 9.80 Å². The van der Waals surface area contributed by atoms with Crippen molar-refractivity contribution in [1.29, 1.82) is 0 Å². The van der Waals surface area contributed by atoms with E-state index in [1.807, 2.05) is 39.8 Å². The van der Waals surface area contributed by atoms with Gasteiger partial charge in [0.25, 0.3) is 5.91 Å². The average molecular weight is 348 g/mol. The number of rotatable bonds is 7. The van der Waals surface area contributed by atoms with Crippen LogP contribution in [-0.4, -0.2) is 64.9 Å². The molecule has 138 valence electrons. The van der Waals surface area contributed by atoms with E-state index in [-0.39, 0.29) is 18.4 Å². The zero-order valence-electron chi connectivity index (χ0n) is 16.0. The van der Waals surface area contributed by atoms with Gasteiger partial charge in [0.05, 0.1) is 12.5 Å². The SMILES string of the molecule is CCCN(C(=O)CN(C)C(=O)c1c(C)cc(C)cc1C)C(C)B(O)O. The lowest BCUT2D eigenvalue weighted by Gasteiger charge is -2.30. The van der Waals surface area contributed by atoms with Gasteiger partial charge in [0.1, 0.15) is 0 Å². The standard InChI is InChI=1S/C18H29BN2O4/c1-7-8-21(15(5)19(24)25)16(22)11-20(6)18(23)17-13(3)9-12(2)10-14(17)4/h9-10,15,24-25H,7-8,11H2,1-6H3. The van der Waals surface area contributed by atoms with Crippen LogP contribution in [0.5, 0.6) is 0 Å². The number of hydrogen-bond donors (Lipinski definition) is 2. The highest BCUT2D eigenvalue weighted by molar-refractivity contribution is 6.43. The topological polar surface area (TPSA) is 81.1 Å². The Morgan fingerprint density at radius 1 is 1.16 bits per heavy atom. The first kappa shape index (κ1) is 21.2. The summed E-state index contributed by atoms with van der Waals surface area (Å²) in [7, 11) is -0.0264. The molecule has 0 aliphatic heterocycles. The highest BCUT2D eigenvalue weighted by Crippen LogP contribution is 2.18. The lowest BCUT2D eigenvalue weighted by Crippen LogP contribution is -2.51. The molecule has 0 aromatic heterocycles. The van der Waals surface area contributed by atoms with Crippen LogP contribution in [0.4, 0.5) is 0 Å². The summed E-state index contributed by atoms with van der Waals surface area (Å²) in [5.74, 6) is -1.24. The molecule has 1 unspecified atom stereocenters. The second kappa shape index (κ2) is 9.01. The van der Waals surface area contributed by atoms with Gasteiger partial charge in [-0.3, -0.25) is 9.59 Å². The highest BCUT2D eigenvalue weighted by Gasteiger charge is 2.30. The van der Waals surface area contributed by atoms with E-state index in [9.17, 15) is 19.6 Å². The predicted molar refractivity (Wildman–Crippen MR) is 99.3 cm³/mol. The third-order valence-electron chi connectivity index (χ3n) is 4.32. The Bertz CT molecular complexity index is 610. The zero-order valence-corrected chi connectivity index (χ0v) is 16.0. The third-order valence-corrected chi connectivity index (χ3v) is 4.32. The Morgan fingerprint density at radius 3 is 2.12 bits per heavy atom. The molecule has 0 fully saturated rings. The minimum absolute atomic E-state index is 0.108. The van der Waals surface area contributed by atoms with Gasteiger partial charge in [0, 0.05) is 19.2 Å². The fourth-order valence-electron chi connectivity index (χ4n) is 3.03. The summed E-state index contributed by atoms with van der Waals surface area (Å²) in [6.45, 7) is 9.53. The van der Waals surface area contributed by atoms with Crippen molar-refractivity contribution in [3.63, 3.8) is 0 Å². The number of amides is 2. The Labute approximate surface area is 150 Å². The van der Waals surface area contributed by atoms with E-state index in [4.69, 9.17) is 0 Å². The lowest BCUT2D eigenvalue weighted by atomic mass is 9.79. The number of hydrogen-bond acceptors (Lipinski definition) is 4. The number of carbonyl (C=O) groups is 2. The first-order valence-electron chi connectivity index (χ1n) is 8.59. The molecule has 0 bridgehead atoms. The second-order valence-electron chi connectivity index (χ2n) is 6.68. The zero-order chi connectivity index (χ0) is 19.3. The number of nitrogens with zero attached hydrogens (tertiary/aromatic N) is 2. The molecule has 1 aromatic rings. The Morgan fingerprint density at radius 2 is 1.68 bits per heavy atom. The molecule has 0 aliphatic rings. The van der Waals surface area contributed by atoms with E-state index < -0.39 is 13.1 Å². The number of aryl methyl sites for hydroxylation is 3. The van der Waals surface area contributed by atoms with Crippen LogP contribution in [0.25, 0.3) is 0 Å². The van der Waals surface area contributed by atoms with Gasteiger partial charge >= 0.3 is 7.12 Å². The molecule has 0 heterocycles. The predicted octanol–water partition coefficient (Wildman–Crippen LogP) is 1.32. The molecule has 0 radical (unpaired) electrons. The largest absolute Gasteiger partial charge is 0.475 e. The van der Waals surface area contributed by atoms with Crippen molar-refractivity contribution < 1.29 is 19.6 Å². The summed E-state index contributed by atoms with van der Waals surface area (Å²) in [6, 6.07) is 3.90. The van der Waals surface area contributed by atoms with Crippen molar-refractivity contribution >= 4 is 18.9 Å². The van der Waals surface area contributed by atoms with E-state index in [2.05, 4.69) is 0 Å². The van der Waals surface area contributed by atoms with Crippen LogP contribution < -0.4 is 0 Å². The Balaban J connectivity index is 2.95. The summed E-state index contributed by atoms with van der Waals surface area (Å²) >= 11 is 0. The van der Waals surface area contributed by atoms with Gasteiger partial charge in [-0.25, -0.2) is 0 Å². The van der Waals surface area contributed by atoms with Crippen molar-refractivity contribution in [3.8, 4) is 0 Å². The molecular weight excluding hydrogens is 319 g/mol. The first-order chi connectivity index (χ1) is 11.6. The normalized spacial score (nSPS) is 11.8. The van der Waals surface area contributed by atoms with Crippen LogP contribution in [0.3, 0.4) is 0 Å². The van der Waals surface area contributed by atoms with Crippen LogP contribution >= 0.6 is 0 Å². The van der Waals surface area contributed by atoms with Gasteiger partial charge in [-0.2, -0.15) is 0 Å². The molecule has 7 heteroatoms. The maximum absolute atomic E-state index is 12.8. The quantitative estimate of drug-likeness (QED) is 0.729. The second-order valence-corrected chi connectivity index (χ2v) is 6.68. The van der Waals surface area contributed by atoms with Gasteiger partial charge in [0.15, 0.2) is 0 Å². The summed E-state index contributed by atoms with van der Waals surface area (Å²) in [6.07, 6.45) is 0.691. The van der Waals surface area contributed by atoms with Crippen LogP contribution in [0.15, 0.2) is 12.1 Å². The molecule has 2 amide bonds. The molecule has 0 saturated carbocycles. The van der Waals surface area contributed by atoms with Crippen molar-refractivity contribution in [2.75, 3.05) is 20.1 Å². The number of carbonyl (C=O) groups excluding carboxylic acids is 2. The molecule has 0 saturated heterocycles. The summed E-state index contributed by atoms with van der Waals surface area (Å²) in [5, 5.41) is 18.7. The molecule has 0 spiro atoms. The Hall–Kier alpha value is -1.86. The monoisotopic (exact) mass is 348 g/mol. The van der Waals surface area contributed by atoms with Gasteiger partial charge < -0.3 is 19.8 Å². The van der Waals surface area contributed by atoms with Crippen LogP contribution in [0.1, 0.15) is 47.3 Å². The number of likely N-dealkylation sites (N-methyl/N-ethyl adjacent to an activating group) is 1. The van der Waals surface area contributed by atoms with E-state index in [1.54, 1.807) is 14.0 Å². The molecule has 1 atom stereocenters. The molecule has 2 N–H and O–H groups in total. The highest BCUT2D eigenvalue weighted by atomic mass is 16.4. The molecule has 1 rings (SSSR count). The molecule has 0 aliphatic carbocycles. The van der Waals surface area contributed by atoms with Gasteiger partial charge in [-0.15, -0.1) is 0 Å². The van der Waals surface area contributed by atoms with E-state index in [1.165, 1.54) is 9.80 Å². The fourth-order valence-corrected chi connectivity index (χ4v) is 3.03. The molecule has 1 aromatic carbocycles. The van der Waals surface area contributed by atoms with E-state index in [0.29, 0.717) is 18.5 Å². The van der Waals surface area contributed by atoms with Crippen molar-refractivity contribution in [2.24, 2.45) is 0 Å². The minimum atomic E-state index is -1.61. The molecule has 6 nitrogen and oxygen atoms in total.